The van der Waals surface area contributed by atoms with E-state index in [-0.39, 0.29) is 12.0 Å². The first kappa shape index (κ1) is 50.0. The van der Waals surface area contributed by atoms with Crippen molar-refractivity contribution >= 4 is 61.8 Å². The Bertz CT molecular complexity index is 2410. The third-order valence-electron chi connectivity index (χ3n) is 15.6. The number of nitrogens with one attached hydrogen (secondary N) is 2. The largest absolute Gasteiger partial charge is 0.552 e. The second-order valence-electron chi connectivity index (χ2n) is 22.6. The summed E-state index contributed by atoms with van der Waals surface area (Å²) in [5, 5.41) is 15.7. The Balaban J connectivity index is 0.000000254. The maximum atomic E-state index is 13.4. The van der Waals surface area contributed by atoms with Gasteiger partial charge >= 0.3 is 20.3 Å². The third kappa shape index (κ3) is 9.45. The molecule has 3 N–H and O–H groups in total. The molecule has 4 atom stereocenters. The van der Waals surface area contributed by atoms with Gasteiger partial charge in [-0.15, -0.1) is 0 Å². The van der Waals surface area contributed by atoms with Crippen LogP contribution in [0.4, 0.5) is 4.79 Å². The molecule has 1 amide bonds. The average molecular weight is 921 g/mol. The highest BCUT2D eigenvalue weighted by atomic mass is 28.3. The molecule has 8 rings (SSSR count). The molecular weight excluding hydrogens is 842 g/mol. The number of pyridine rings is 2. The lowest BCUT2D eigenvalue weighted by Gasteiger charge is -2.44. The molecule has 0 aliphatic carbocycles. The van der Waals surface area contributed by atoms with Crippen molar-refractivity contribution < 1.29 is 28.5 Å². The first-order valence-corrected chi connectivity index (χ1v) is 26.8. The summed E-state index contributed by atoms with van der Waals surface area (Å²) in [6.45, 7) is 38.5. The van der Waals surface area contributed by atoms with Crippen molar-refractivity contribution in [2.24, 2.45) is 23.7 Å². The van der Waals surface area contributed by atoms with Crippen LogP contribution < -0.4 is 9.97 Å². The molecule has 15 heteroatoms. The van der Waals surface area contributed by atoms with Gasteiger partial charge in [-0.3, -0.25) is 0 Å². The minimum absolute atomic E-state index is 0.0697. The number of H-pyrrole nitrogens is 1. The van der Waals surface area contributed by atoms with Crippen LogP contribution in [0.3, 0.4) is 0 Å². The number of amides is 1. The van der Waals surface area contributed by atoms with Crippen LogP contribution in [0.1, 0.15) is 133 Å². The minimum atomic E-state index is -2.05. The number of rotatable bonds is 8. The number of nitrogens with zero attached hydrogens (tertiary/aromatic N) is 4. The smallest absolute Gasteiger partial charge is 0.531 e. The van der Waals surface area contributed by atoms with Crippen LogP contribution in [0, 0.1) is 30.6 Å². The van der Waals surface area contributed by atoms with Gasteiger partial charge < -0.3 is 43.2 Å². The van der Waals surface area contributed by atoms with Crippen molar-refractivity contribution in [3.8, 4) is 5.75 Å². The van der Waals surface area contributed by atoms with Crippen LogP contribution in [-0.2, 0) is 14.0 Å². The standard InChI is InChI=1S/C36H60BN3O4Si.C15H18BN3O2/c1-23(2)45(24(3)4,25(5)6)40-19-17-28-31(27(8)21-38-32(28)40)29(20-37-43-35(12,13)36(14,15)44-37)30-22-39(18-16-26(30)7)33(41)42-34(9,10)11;1-9-2-4-17-7-12(9)11-6-16(20)21-13-8-19-15-10(14(11)13)3-5-18-15/h17,19-21,23-26,30H,16,18,22H2,1-15H3;3,5-6,8-9,12,17,20H,2,4,7H2,1H3,(H,18,19)/b29-20-;/t26-,30+;9-,12+/m00/s1. The highest BCUT2D eigenvalue weighted by molar-refractivity contribution is 6.82. The number of aromatic amines is 1. The summed E-state index contributed by atoms with van der Waals surface area (Å²) in [5.74, 6) is 6.10. The molecule has 3 fully saturated rings. The van der Waals surface area contributed by atoms with E-state index in [0.717, 1.165) is 59.1 Å². The van der Waals surface area contributed by atoms with E-state index < -0.39 is 39.3 Å². The zero-order valence-electron chi connectivity index (χ0n) is 42.8. The van der Waals surface area contributed by atoms with E-state index in [2.05, 4.69) is 128 Å². The molecule has 3 saturated heterocycles. The van der Waals surface area contributed by atoms with Gasteiger partial charge in [0.1, 0.15) is 22.6 Å². The Morgan fingerprint density at radius 3 is 2.26 bits per heavy atom. The highest BCUT2D eigenvalue weighted by Crippen LogP contribution is 2.47. The van der Waals surface area contributed by atoms with Gasteiger partial charge in [0.05, 0.1) is 17.4 Å². The van der Waals surface area contributed by atoms with E-state index in [0.29, 0.717) is 53.2 Å². The zero-order valence-corrected chi connectivity index (χ0v) is 43.8. The molecule has 0 unspecified atom stereocenters. The molecule has 4 aliphatic heterocycles. The normalized spacial score (nSPS) is 23.6. The number of piperidine rings is 2. The molecule has 0 bridgehead atoms. The lowest BCUT2D eigenvalue weighted by Crippen LogP contribution is -2.51. The Hall–Kier alpha value is -3.88. The first-order valence-electron chi connectivity index (χ1n) is 24.6. The maximum absolute atomic E-state index is 13.4. The maximum Gasteiger partial charge on any atom is 0.552 e. The van der Waals surface area contributed by atoms with E-state index in [1.165, 1.54) is 16.7 Å². The van der Waals surface area contributed by atoms with Crippen LogP contribution in [0.2, 0.25) is 16.6 Å². The molecule has 358 valence electrons. The van der Waals surface area contributed by atoms with Gasteiger partial charge in [-0.05, 0) is 156 Å². The lowest BCUT2D eigenvalue weighted by molar-refractivity contribution is 0.00578. The number of hydrogen-bond donors (Lipinski definition) is 3. The molecule has 8 heterocycles. The quantitative estimate of drug-likeness (QED) is 0.148. The van der Waals surface area contributed by atoms with Gasteiger partial charge in [-0.25, -0.2) is 14.8 Å². The molecule has 4 aliphatic rings. The summed E-state index contributed by atoms with van der Waals surface area (Å²) >= 11 is 0. The zero-order chi connectivity index (χ0) is 48.3. The molecule has 12 nitrogen and oxygen atoms in total. The monoisotopic (exact) mass is 921 g/mol. The molecule has 0 saturated carbocycles. The van der Waals surface area contributed by atoms with Crippen LogP contribution in [0.25, 0.3) is 33.2 Å². The summed E-state index contributed by atoms with van der Waals surface area (Å²) in [7, 11) is -3.45. The molecule has 0 aromatic carbocycles. The molecule has 0 spiro atoms. The van der Waals surface area contributed by atoms with Gasteiger partial charge in [0.2, 0.25) is 0 Å². The second-order valence-corrected chi connectivity index (χ2v) is 28.3. The van der Waals surface area contributed by atoms with Gasteiger partial charge in [0.15, 0.2) is 8.24 Å². The van der Waals surface area contributed by atoms with Crippen molar-refractivity contribution in [3.63, 3.8) is 0 Å². The number of aryl methyl sites for hydroxylation is 1. The van der Waals surface area contributed by atoms with E-state index >= 15 is 0 Å². The fraction of sp³-hybridized carbons (Fsp3) is 0.627. The SMILES string of the molecule is C[C@H]1CCNC[C@H]1C1=CB(O)Oc2cnc3[nH]ccc3c21.Cc1cnc2c(ccn2[Si](C(C)C)(C(C)C)C(C)C)c1/C(=C\B1OC(C)(C)C(C)(C)O1)[C@@H]1CN(C(=O)OC(C)(C)C)CC[C@@H]1C. The Morgan fingerprint density at radius 2 is 1.64 bits per heavy atom. The van der Waals surface area contributed by atoms with Crippen molar-refractivity contribution in [2.45, 2.75) is 157 Å². The topological polar surface area (TPSA) is 136 Å². The Labute approximate surface area is 396 Å². The second kappa shape index (κ2) is 18.9. The van der Waals surface area contributed by atoms with Crippen LogP contribution in [-0.4, -0.2) is 101 Å². The van der Waals surface area contributed by atoms with E-state index in [9.17, 15) is 9.82 Å². The molecule has 0 radical (unpaired) electrons. The average Bonchev–Trinajstić information content (AvgIpc) is 3.92. The van der Waals surface area contributed by atoms with Crippen LogP contribution >= 0.6 is 0 Å². The summed E-state index contributed by atoms with van der Waals surface area (Å²) in [6, 6.07) is 4.31. The van der Waals surface area contributed by atoms with Gasteiger partial charge in [-0.1, -0.05) is 61.4 Å². The number of hydrogen-bond acceptors (Lipinski definition) is 9. The Kier molecular flexibility index (Phi) is 14.3. The number of carbonyl (C=O) groups excluding carboxylic acids is 1. The predicted octanol–water partition coefficient (Wildman–Crippen LogP) is 10.9. The van der Waals surface area contributed by atoms with Crippen molar-refractivity contribution in [2.75, 3.05) is 26.2 Å². The van der Waals surface area contributed by atoms with Crippen LogP contribution in [0.5, 0.6) is 5.75 Å². The molecule has 66 heavy (non-hydrogen) atoms. The van der Waals surface area contributed by atoms with E-state index in [1.54, 1.807) is 6.20 Å². The predicted molar refractivity (Wildman–Crippen MR) is 273 cm³/mol. The summed E-state index contributed by atoms with van der Waals surface area (Å²) in [4.78, 5) is 27.9. The van der Waals surface area contributed by atoms with E-state index in [1.807, 2.05) is 50.1 Å². The third-order valence-corrected chi connectivity index (χ3v) is 22.4. The number of carbonyl (C=O) groups is 1. The van der Waals surface area contributed by atoms with Crippen molar-refractivity contribution in [1.82, 2.24) is 29.4 Å². The number of likely N-dealkylation sites (tertiary alicyclic amines) is 1. The van der Waals surface area contributed by atoms with Gasteiger partial charge in [0.25, 0.3) is 0 Å². The number of aromatic nitrogens is 4. The number of fused-ring (bicyclic) bond motifs is 4. The summed E-state index contributed by atoms with van der Waals surface area (Å²) < 4.78 is 27.1. The lowest BCUT2D eigenvalue weighted by atomic mass is 9.72. The molecular formula is C51H78B2N6O6Si. The molecule has 4 aromatic heterocycles. The fourth-order valence-electron chi connectivity index (χ4n) is 11.7. The highest BCUT2D eigenvalue weighted by Gasteiger charge is 2.51. The van der Waals surface area contributed by atoms with Gasteiger partial charge in [0, 0.05) is 54.3 Å². The summed E-state index contributed by atoms with van der Waals surface area (Å²) in [5.41, 5.74) is 7.82. The first-order chi connectivity index (χ1) is 30.9. The Morgan fingerprint density at radius 1 is 0.970 bits per heavy atom. The fourth-order valence-corrected chi connectivity index (χ4v) is 18.2. The van der Waals surface area contributed by atoms with Crippen molar-refractivity contribution in [3.05, 3.63) is 65.6 Å². The van der Waals surface area contributed by atoms with E-state index in [4.69, 9.17) is 23.7 Å². The minimum Gasteiger partial charge on any atom is -0.531 e. The summed E-state index contributed by atoms with van der Waals surface area (Å²) in [6.07, 6.45) is 9.74. The molecule has 4 aromatic rings. The van der Waals surface area contributed by atoms with Gasteiger partial charge in [-0.2, -0.15) is 0 Å². The number of ether oxygens (including phenoxy) is 1. The van der Waals surface area contributed by atoms with Crippen molar-refractivity contribution in [1.29, 1.82) is 0 Å². The van der Waals surface area contributed by atoms with Crippen LogP contribution in [0.15, 0.2) is 48.9 Å².